The summed E-state index contributed by atoms with van der Waals surface area (Å²) in [5, 5.41) is 0. The number of aryl methyl sites for hydroxylation is 1. The molecule has 1 aliphatic rings. The SMILES string of the molecule is CCCc1nc(N)cc(N2CCC(N(CC)CC)C2)n1. The Kier molecular flexibility index (Phi) is 5.17. The van der Waals surface area contributed by atoms with Crippen LogP contribution in [-0.2, 0) is 6.42 Å². The molecule has 0 amide bonds. The molecule has 5 nitrogen and oxygen atoms in total. The Morgan fingerprint density at radius 2 is 2.05 bits per heavy atom. The predicted molar refractivity (Wildman–Crippen MR) is 84.0 cm³/mol. The van der Waals surface area contributed by atoms with Gasteiger partial charge in [0.25, 0.3) is 0 Å². The van der Waals surface area contributed by atoms with E-state index in [9.17, 15) is 0 Å². The highest BCUT2D eigenvalue weighted by Gasteiger charge is 2.27. The van der Waals surface area contributed by atoms with E-state index in [1.807, 2.05) is 6.07 Å². The van der Waals surface area contributed by atoms with E-state index in [4.69, 9.17) is 5.73 Å². The summed E-state index contributed by atoms with van der Waals surface area (Å²) >= 11 is 0. The predicted octanol–water partition coefficient (Wildman–Crippen LogP) is 1.93. The van der Waals surface area contributed by atoms with E-state index in [-0.39, 0.29) is 0 Å². The first-order valence-electron chi connectivity index (χ1n) is 7.80. The van der Waals surface area contributed by atoms with Crippen molar-refractivity contribution in [3.63, 3.8) is 0 Å². The van der Waals surface area contributed by atoms with Crippen LogP contribution in [0.1, 0.15) is 39.4 Å². The summed E-state index contributed by atoms with van der Waals surface area (Å²) in [6.45, 7) is 10.9. The van der Waals surface area contributed by atoms with Gasteiger partial charge in [-0.25, -0.2) is 9.97 Å². The van der Waals surface area contributed by atoms with Crippen LogP contribution < -0.4 is 10.6 Å². The van der Waals surface area contributed by atoms with E-state index in [1.165, 1.54) is 6.42 Å². The first-order valence-corrected chi connectivity index (χ1v) is 7.80. The molecule has 0 bridgehead atoms. The number of nitrogen functional groups attached to an aromatic ring is 1. The highest BCUT2D eigenvalue weighted by atomic mass is 15.3. The molecular formula is C15H27N5. The van der Waals surface area contributed by atoms with E-state index in [2.05, 4.69) is 40.5 Å². The van der Waals surface area contributed by atoms with Crippen molar-refractivity contribution in [1.82, 2.24) is 14.9 Å². The van der Waals surface area contributed by atoms with Crippen molar-refractivity contribution in [3.05, 3.63) is 11.9 Å². The van der Waals surface area contributed by atoms with Gasteiger partial charge in [0.15, 0.2) is 0 Å². The number of hydrogen-bond acceptors (Lipinski definition) is 5. The van der Waals surface area contributed by atoms with Crippen LogP contribution >= 0.6 is 0 Å². The van der Waals surface area contributed by atoms with Crippen molar-refractivity contribution in [2.45, 2.75) is 46.1 Å². The van der Waals surface area contributed by atoms with Crippen molar-refractivity contribution in [1.29, 1.82) is 0 Å². The summed E-state index contributed by atoms with van der Waals surface area (Å²) in [5.41, 5.74) is 5.92. The van der Waals surface area contributed by atoms with Gasteiger partial charge in [-0.15, -0.1) is 0 Å². The van der Waals surface area contributed by atoms with Gasteiger partial charge in [0.1, 0.15) is 17.5 Å². The molecule has 1 aromatic heterocycles. The van der Waals surface area contributed by atoms with Crippen LogP contribution in [0.2, 0.25) is 0 Å². The molecule has 2 N–H and O–H groups in total. The molecule has 1 aliphatic heterocycles. The van der Waals surface area contributed by atoms with Gasteiger partial charge in [0.2, 0.25) is 0 Å². The molecule has 0 saturated carbocycles. The lowest BCUT2D eigenvalue weighted by Crippen LogP contribution is -2.37. The van der Waals surface area contributed by atoms with Crippen LogP contribution in [0, 0.1) is 0 Å². The van der Waals surface area contributed by atoms with Crippen LogP contribution in [-0.4, -0.2) is 47.1 Å². The van der Waals surface area contributed by atoms with E-state index < -0.39 is 0 Å². The summed E-state index contributed by atoms with van der Waals surface area (Å²) in [4.78, 5) is 13.9. The molecule has 0 radical (unpaired) electrons. The second-order valence-corrected chi connectivity index (χ2v) is 5.43. The molecule has 1 aromatic rings. The Morgan fingerprint density at radius 3 is 2.70 bits per heavy atom. The summed E-state index contributed by atoms with van der Waals surface area (Å²) in [6.07, 6.45) is 3.14. The van der Waals surface area contributed by atoms with Crippen molar-refractivity contribution in [3.8, 4) is 0 Å². The summed E-state index contributed by atoms with van der Waals surface area (Å²) < 4.78 is 0. The molecule has 0 aromatic carbocycles. The topological polar surface area (TPSA) is 58.3 Å². The minimum atomic E-state index is 0.588. The monoisotopic (exact) mass is 277 g/mol. The molecule has 2 heterocycles. The molecule has 2 rings (SSSR count). The zero-order valence-electron chi connectivity index (χ0n) is 13.0. The molecule has 5 heteroatoms. The number of anilines is 2. The molecule has 0 aliphatic carbocycles. The van der Waals surface area contributed by atoms with Crippen molar-refractivity contribution < 1.29 is 0 Å². The fourth-order valence-corrected chi connectivity index (χ4v) is 2.99. The largest absolute Gasteiger partial charge is 0.384 e. The zero-order valence-corrected chi connectivity index (χ0v) is 13.0. The third kappa shape index (κ3) is 3.39. The fourth-order valence-electron chi connectivity index (χ4n) is 2.99. The van der Waals surface area contributed by atoms with Crippen LogP contribution in [0.25, 0.3) is 0 Å². The van der Waals surface area contributed by atoms with E-state index in [1.54, 1.807) is 0 Å². The Hall–Kier alpha value is -1.36. The Balaban J connectivity index is 2.09. The smallest absolute Gasteiger partial charge is 0.134 e. The van der Waals surface area contributed by atoms with Crippen LogP contribution in [0.4, 0.5) is 11.6 Å². The Bertz CT molecular complexity index is 430. The molecule has 1 unspecified atom stereocenters. The lowest BCUT2D eigenvalue weighted by Gasteiger charge is -2.26. The van der Waals surface area contributed by atoms with E-state index in [0.29, 0.717) is 11.9 Å². The maximum atomic E-state index is 5.92. The van der Waals surface area contributed by atoms with Gasteiger partial charge < -0.3 is 10.6 Å². The second kappa shape index (κ2) is 6.88. The lowest BCUT2D eigenvalue weighted by atomic mass is 10.2. The maximum absolute atomic E-state index is 5.92. The normalized spacial score (nSPS) is 19.0. The number of hydrogen-bond donors (Lipinski definition) is 1. The number of nitrogens with zero attached hydrogens (tertiary/aromatic N) is 4. The maximum Gasteiger partial charge on any atom is 0.134 e. The molecule has 20 heavy (non-hydrogen) atoms. The van der Waals surface area contributed by atoms with Crippen LogP contribution in [0.15, 0.2) is 6.07 Å². The first-order chi connectivity index (χ1) is 9.67. The van der Waals surface area contributed by atoms with Gasteiger partial charge in [-0.1, -0.05) is 20.8 Å². The third-order valence-corrected chi connectivity index (χ3v) is 4.07. The Labute approximate surface area is 122 Å². The van der Waals surface area contributed by atoms with Crippen molar-refractivity contribution >= 4 is 11.6 Å². The minimum Gasteiger partial charge on any atom is -0.384 e. The fraction of sp³-hybridized carbons (Fsp3) is 0.733. The summed E-state index contributed by atoms with van der Waals surface area (Å²) in [6, 6.07) is 2.54. The van der Waals surface area contributed by atoms with Crippen LogP contribution in [0.5, 0.6) is 0 Å². The lowest BCUT2D eigenvalue weighted by molar-refractivity contribution is 0.232. The number of aromatic nitrogens is 2. The summed E-state index contributed by atoms with van der Waals surface area (Å²) in [5.74, 6) is 2.45. The Morgan fingerprint density at radius 1 is 1.30 bits per heavy atom. The molecule has 1 atom stereocenters. The van der Waals surface area contributed by atoms with Crippen molar-refractivity contribution in [2.75, 3.05) is 36.8 Å². The number of nitrogens with two attached hydrogens (primary N) is 1. The molecular weight excluding hydrogens is 250 g/mol. The van der Waals surface area contributed by atoms with E-state index in [0.717, 1.165) is 50.7 Å². The van der Waals surface area contributed by atoms with Gasteiger partial charge in [-0.3, -0.25) is 4.90 Å². The zero-order chi connectivity index (χ0) is 14.5. The second-order valence-electron chi connectivity index (χ2n) is 5.43. The molecule has 112 valence electrons. The van der Waals surface area contributed by atoms with Gasteiger partial charge in [0.05, 0.1) is 0 Å². The molecule has 1 saturated heterocycles. The quantitative estimate of drug-likeness (QED) is 0.861. The average Bonchev–Trinajstić information content (AvgIpc) is 2.90. The minimum absolute atomic E-state index is 0.588. The van der Waals surface area contributed by atoms with Crippen LogP contribution in [0.3, 0.4) is 0 Å². The molecule has 1 fully saturated rings. The molecule has 0 spiro atoms. The van der Waals surface area contributed by atoms with E-state index >= 15 is 0 Å². The standard InChI is InChI=1S/C15H27N5/c1-4-7-14-17-13(16)10-15(18-14)20-9-8-12(11-20)19(5-2)6-3/h10,12H,4-9,11H2,1-3H3,(H2,16,17,18). The highest BCUT2D eigenvalue weighted by Crippen LogP contribution is 2.22. The van der Waals surface area contributed by atoms with Gasteiger partial charge in [-0.05, 0) is 25.9 Å². The highest BCUT2D eigenvalue weighted by molar-refractivity contribution is 5.48. The summed E-state index contributed by atoms with van der Waals surface area (Å²) in [7, 11) is 0. The van der Waals surface area contributed by atoms with Gasteiger partial charge >= 0.3 is 0 Å². The van der Waals surface area contributed by atoms with Crippen molar-refractivity contribution in [2.24, 2.45) is 0 Å². The number of rotatable bonds is 6. The number of likely N-dealkylation sites (N-methyl/N-ethyl adjacent to an activating group) is 1. The average molecular weight is 277 g/mol. The van der Waals surface area contributed by atoms with Gasteiger partial charge in [0, 0.05) is 31.6 Å². The van der Waals surface area contributed by atoms with Gasteiger partial charge in [-0.2, -0.15) is 0 Å². The first kappa shape index (κ1) is 15.0. The third-order valence-electron chi connectivity index (χ3n) is 4.07.